The molecule has 0 bridgehead atoms. The van der Waals surface area contributed by atoms with Gasteiger partial charge < -0.3 is 11.5 Å². The largest absolute Gasteiger partial charge is 0.399 e. The SMILES string of the molecule is C=CCC(N)c1cc(N)ccc1F. The molecular weight excluding hydrogens is 167 g/mol. The molecule has 0 saturated carbocycles. The molecule has 1 aromatic rings. The zero-order valence-corrected chi connectivity index (χ0v) is 7.33. The first-order chi connectivity index (χ1) is 6.15. The van der Waals surface area contributed by atoms with Gasteiger partial charge in [0.15, 0.2) is 0 Å². The third-order valence-corrected chi connectivity index (χ3v) is 1.84. The molecule has 0 aliphatic carbocycles. The predicted molar refractivity (Wildman–Crippen MR) is 52.6 cm³/mol. The number of hydrogen-bond donors (Lipinski definition) is 2. The molecule has 1 aromatic carbocycles. The number of benzene rings is 1. The minimum atomic E-state index is -0.360. The molecular formula is C10H13FN2. The van der Waals surface area contributed by atoms with E-state index in [1.807, 2.05) is 0 Å². The molecule has 13 heavy (non-hydrogen) atoms. The van der Waals surface area contributed by atoms with Crippen molar-refractivity contribution >= 4 is 5.69 Å². The summed E-state index contributed by atoms with van der Waals surface area (Å²) in [6.07, 6.45) is 2.20. The van der Waals surface area contributed by atoms with Crippen molar-refractivity contribution in [3.05, 3.63) is 42.2 Å². The fourth-order valence-corrected chi connectivity index (χ4v) is 1.15. The van der Waals surface area contributed by atoms with Crippen LogP contribution in [-0.4, -0.2) is 0 Å². The van der Waals surface area contributed by atoms with Crippen LogP contribution in [0.5, 0.6) is 0 Å². The Morgan fingerprint density at radius 2 is 2.23 bits per heavy atom. The first-order valence-corrected chi connectivity index (χ1v) is 4.06. The van der Waals surface area contributed by atoms with Crippen LogP contribution >= 0.6 is 0 Å². The van der Waals surface area contributed by atoms with Crippen molar-refractivity contribution in [1.29, 1.82) is 0 Å². The van der Waals surface area contributed by atoms with E-state index in [0.29, 0.717) is 17.7 Å². The summed E-state index contributed by atoms with van der Waals surface area (Å²) in [6.45, 7) is 3.54. The number of nitrogens with two attached hydrogens (primary N) is 2. The molecule has 0 radical (unpaired) electrons. The Morgan fingerprint density at radius 3 is 2.85 bits per heavy atom. The third-order valence-electron chi connectivity index (χ3n) is 1.84. The highest BCUT2D eigenvalue weighted by atomic mass is 19.1. The quantitative estimate of drug-likeness (QED) is 0.552. The van der Waals surface area contributed by atoms with Crippen molar-refractivity contribution in [3.8, 4) is 0 Å². The molecule has 70 valence electrons. The van der Waals surface area contributed by atoms with E-state index in [9.17, 15) is 4.39 Å². The van der Waals surface area contributed by atoms with Crippen LogP contribution in [0.1, 0.15) is 18.0 Å². The van der Waals surface area contributed by atoms with Gasteiger partial charge in [-0.2, -0.15) is 0 Å². The fourth-order valence-electron chi connectivity index (χ4n) is 1.15. The van der Waals surface area contributed by atoms with Gasteiger partial charge in [0.2, 0.25) is 0 Å². The number of halogens is 1. The summed E-state index contributed by atoms with van der Waals surface area (Å²) >= 11 is 0. The van der Waals surface area contributed by atoms with Crippen LogP contribution in [0.3, 0.4) is 0 Å². The zero-order valence-electron chi connectivity index (χ0n) is 7.33. The minimum Gasteiger partial charge on any atom is -0.399 e. The van der Waals surface area contributed by atoms with E-state index in [2.05, 4.69) is 6.58 Å². The lowest BCUT2D eigenvalue weighted by molar-refractivity contribution is 0.584. The van der Waals surface area contributed by atoms with Gasteiger partial charge >= 0.3 is 0 Å². The number of hydrogen-bond acceptors (Lipinski definition) is 2. The van der Waals surface area contributed by atoms with Gasteiger partial charge in [-0.25, -0.2) is 4.39 Å². The Hall–Kier alpha value is -1.35. The molecule has 0 amide bonds. The maximum atomic E-state index is 13.2. The van der Waals surface area contributed by atoms with Crippen molar-refractivity contribution in [1.82, 2.24) is 0 Å². The maximum Gasteiger partial charge on any atom is 0.128 e. The molecule has 2 nitrogen and oxygen atoms in total. The lowest BCUT2D eigenvalue weighted by atomic mass is 10.0. The Morgan fingerprint density at radius 1 is 1.54 bits per heavy atom. The van der Waals surface area contributed by atoms with Crippen molar-refractivity contribution < 1.29 is 4.39 Å². The second-order valence-corrected chi connectivity index (χ2v) is 2.91. The van der Waals surface area contributed by atoms with Gasteiger partial charge in [-0.15, -0.1) is 6.58 Å². The summed E-state index contributed by atoms with van der Waals surface area (Å²) < 4.78 is 13.2. The molecule has 1 unspecified atom stereocenters. The number of anilines is 1. The van der Waals surface area contributed by atoms with Crippen LogP contribution in [0.15, 0.2) is 30.9 Å². The smallest absolute Gasteiger partial charge is 0.128 e. The van der Waals surface area contributed by atoms with Crippen molar-refractivity contribution in [2.45, 2.75) is 12.5 Å². The van der Waals surface area contributed by atoms with Crippen molar-refractivity contribution in [3.63, 3.8) is 0 Å². The second kappa shape index (κ2) is 4.05. The molecule has 0 saturated heterocycles. The highest BCUT2D eigenvalue weighted by molar-refractivity contribution is 5.42. The number of nitrogen functional groups attached to an aromatic ring is 1. The lowest BCUT2D eigenvalue weighted by Crippen LogP contribution is -2.11. The second-order valence-electron chi connectivity index (χ2n) is 2.91. The minimum absolute atomic E-state index is 0.316. The molecule has 1 atom stereocenters. The van der Waals surface area contributed by atoms with Crippen LogP contribution in [0.25, 0.3) is 0 Å². The lowest BCUT2D eigenvalue weighted by Gasteiger charge is -2.10. The summed E-state index contributed by atoms with van der Waals surface area (Å²) in [5, 5.41) is 0. The Bertz CT molecular complexity index is 310. The Balaban J connectivity index is 2.97. The van der Waals surface area contributed by atoms with Crippen LogP contribution in [0.4, 0.5) is 10.1 Å². The summed E-state index contributed by atoms with van der Waals surface area (Å²) in [6, 6.07) is 4.04. The van der Waals surface area contributed by atoms with Crippen molar-refractivity contribution in [2.24, 2.45) is 5.73 Å². The van der Waals surface area contributed by atoms with Crippen molar-refractivity contribution in [2.75, 3.05) is 5.73 Å². The molecule has 0 aromatic heterocycles. The van der Waals surface area contributed by atoms with E-state index < -0.39 is 0 Å². The van der Waals surface area contributed by atoms with Crippen LogP contribution in [-0.2, 0) is 0 Å². The van der Waals surface area contributed by atoms with Gasteiger partial charge in [0.1, 0.15) is 5.82 Å². The molecule has 1 rings (SSSR count). The maximum absolute atomic E-state index is 13.2. The van der Waals surface area contributed by atoms with E-state index in [-0.39, 0.29) is 11.9 Å². The fraction of sp³-hybridized carbons (Fsp3) is 0.200. The standard InChI is InChI=1S/C10H13FN2/c1-2-3-10(13)8-6-7(12)4-5-9(8)11/h2,4-6,10H,1,3,12-13H2. The first-order valence-electron chi connectivity index (χ1n) is 4.06. The van der Waals surface area contributed by atoms with Gasteiger partial charge in [-0.05, 0) is 24.6 Å². The Labute approximate surface area is 77.0 Å². The van der Waals surface area contributed by atoms with Crippen LogP contribution in [0.2, 0.25) is 0 Å². The summed E-state index contributed by atoms with van der Waals surface area (Å²) in [4.78, 5) is 0. The summed E-state index contributed by atoms with van der Waals surface area (Å²) in [5.74, 6) is -0.316. The molecule has 0 fully saturated rings. The summed E-state index contributed by atoms with van der Waals surface area (Å²) in [7, 11) is 0. The summed E-state index contributed by atoms with van der Waals surface area (Å²) in [5.41, 5.74) is 12.2. The van der Waals surface area contributed by atoms with Gasteiger partial charge in [0.05, 0.1) is 0 Å². The molecule has 4 N–H and O–H groups in total. The third kappa shape index (κ3) is 2.29. The highest BCUT2D eigenvalue weighted by Crippen LogP contribution is 2.20. The average molecular weight is 180 g/mol. The Kier molecular flexibility index (Phi) is 3.03. The van der Waals surface area contributed by atoms with Crippen LogP contribution < -0.4 is 11.5 Å². The van der Waals surface area contributed by atoms with E-state index in [1.54, 1.807) is 12.1 Å². The topological polar surface area (TPSA) is 52.0 Å². The van der Waals surface area contributed by atoms with Gasteiger partial charge in [-0.1, -0.05) is 6.08 Å². The van der Waals surface area contributed by atoms with Crippen LogP contribution in [0, 0.1) is 5.82 Å². The van der Waals surface area contributed by atoms with E-state index in [0.717, 1.165) is 0 Å². The van der Waals surface area contributed by atoms with E-state index in [1.165, 1.54) is 12.1 Å². The van der Waals surface area contributed by atoms with Gasteiger partial charge in [-0.3, -0.25) is 0 Å². The highest BCUT2D eigenvalue weighted by Gasteiger charge is 2.09. The molecule has 0 aliphatic heterocycles. The van der Waals surface area contributed by atoms with Gasteiger partial charge in [0.25, 0.3) is 0 Å². The normalized spacial score (nSPS) is 12.5. The van der Waals surface area contributed by atoms with E-state index in [4.69, 9.17) is 11.5 Å². The monoisotopic (exact) mass is 180 g/mol. The molecule has 0 aliphatic rings. The number of rotatable bonds is 3. The zero-order chi connectivity index (χ0) is 9.84. The average Bonchev–Trinajstić information content (AvgIpc) is 2.09. The molecule has 3 heteroatoms. The molecule has 0 heterocycles. The predicted octanol–water partition coefficient (Wildman–Crippen LogP) is 1.98. The van der Waals surface area contributed by atoms with Gasteiger partial charge in [0, 0.05) is 17.3 Å². The van der Waals surface area contributed by atoms with E-state index >= 15 is 0 Å². The molecule has 0 spiro atoms. The first kappa shape index (κ1) is 9.74.